The van der Waals surface area contributed by atoms with Gasteiger partial charge < -0.3 is 19.9 Å². The minimum atomic E-state index is 0.424. The van der Waals surface area contributed by atoms with Crippen molar-refractivity contribution in [1.82, 2.24) is 4.98 Å². The molecule has 5 heteroatoms. The van der Waals surface area contributed by atoms with E-state index in [9.17, 15) is 0 Å². The lowest BCUT2D eigenvalue weighted by Gasteiger charge is -2.08. The van der Waals surface area contributed by atoms with Crippen LogP contribution in [0.4, 0.5) is 0 Å². The molecule has 0 aromatic carbocycles. The monoisotopic (exact) mass is 226 g/mol. The van der Waals surface area contributed by atoms with Crippen molar-refractivity contribution in [1.29, 1.82) is 0 Å². The van der Waals surface area contributed by atoms with Crippen LogP contribution in [-0.4, -0.2) is 38.5 Å². The Balaban J connectivity index is 2.21. The van der Waals surface area contributed by atoms with Gasteiger partial charge in [-0.15, -0.1) is 0 Å². The zero-order chi connectivity index (χ0) is 11.6. The topological polar surface area (TPSA) is 66.6 Å². The summed E-state index contributed by atoms with van der Waals surface area (Å²) in [5, 5.41) is 0. The van der Waals surface area contributed by atoms with Crippen LogP contribution >= 0.6 is 0 Å². The van der Waals surface area contributed by atoms with Gasteiger partial charge >= 0.3 is 0 Å². The molecular weight excluding hydrogens is 208 g/mol. The van der Waals surface area contributed by atoms with Crippen molar-refractivity contribution < 1.29 is 14.2 Å². The second-order valence-corrected chi connectivity index (χ2v) is 3.13. The molecule has 2 N–H and O–H groups in total. The Bertz CT molecular complexity index is 294. The maximum atomic E-state index is 5.55. The molecule has 16 heavy (non-hydrogen) atoms. The van der Waals surface area contributed by atoms with Gasteiger partial charge in [0.2, 0.25) is 5.88 Å². The molecule has 1 heterocycles. The van der Waals surface area contributed by atoms with E-state index in [0.29, 0.717) is 38.9 Å². The van der Waals surface area contributed by atoms with E-state index in [0.717, 1.165) is 5.56 Å². The molecule has 0 radical (unpaired) electrons. The first kappa shape index (κ1) is 12.9. The summed E-state index contributed by atoms with van der Waals surface area (Å²) in [5.74, 6) is 0.584. The average molecular weight is 226 g/mol. The fourth-order valence-electron chi connectivity index (χ4n) is 1.15. The lowest BCUT2D eigenvalue weighted by atomic mass is 10.3. The third-order valence-corrected chi connectivity index (χ3v) is 1.97. The van der Waals surface area contributed by atoms with Crippen LogP contribution in [0, 0.1) is 0 Å². The third-order valence-electron chi connectivity index (χ3n) is 1.97. The van der Waals surface area contributed by atoms with Crippen LogP contribution in [0.25, 0.3) is 0 Å². The van der Waals surface area contributed by atoms with Gasteiger partial charge in [0.05, 0.1) is 19.8 Å². The maximum Gasteiger partial charge on any atom is 0.217 e. The Labute approximate surface area is 95.5 Å². The van der Waals surface area contributed by atoms with Gasteiger partial charge in [-0.05, 0) is 6.07 Å². The Morgan fingerprint density at radius 2 is 2.06 bits per heavy atom. The molecule has 5 nitrogen and oxygen atoms in total. The number of hydrogen-bond donors (Lipinski definition) is 1. The molecule has 0 bridgehead atoms. The highest BCUT2D eigenvalue weighted by Crippen LogP contribution is 2.12. The molecule has 90 valence electrons. The van der Waals surface area contributed by atoms with Gasteiger partial charge in [-0.25, -0.2) is 4.98 Å². The molecule has 0 saturated carbocycles. The number of hydrogen-bond acceptors (Lipinski definition) is 5. The van der Waals surface area contributed by atoms with Crippen molar-refractivity contribution in [2.24, 2.45) is 5.73 Å². The highest BCUT2D eigenvalue weighted by molar-refractivity contribution is 5.24. The Hall–Kier alpha value is -1.17. The Morgan fingerprint density at radius 3 is 2.81 bits per heavy atom. The van der Waals surface area contributed by atoms with E-state index in [1.54, 1.807) is 13.3 Å². The molecule has 0 amide bonds. The summed E-state index contributed by atoms with van der Waals surface area (Å²) in [7, 11) is 1.64. The van der Waals surface area contributed by atoms with E-state index >= 15 is 0 Å². The third kappa shape index (κ3) is 4.57. The normalized spacial score (nSPS) is 10.4. The molecule has 0 aliphatic carbocycles. The van der Waals surface area contributed by atoms with E-state index in [1.165, 1.54) is 0 Å². The highest BCUT2D eigenvalue weighted by atomic mass is 16.5. The minimum Gasteiger partial charge on any atom is -0.475 e. The van der Waals surface area contributed by atoms with Crippen molar-refractivity contribution in [3.8, 4) is 5.88 Å². The van der Waals surface area contributed by atoms with Crippen molar-refractivity contribution in [3.63, 3.8) is 0 Å². The minimum absolute atomic E-state index is 0.424. The fourth-order valence-corrected chi connectivity index (χ4v) is 1.15. The van der Waals surface area contributed by atoms with Crippen LogP contribution < -0.4 is 10.5 Å². The predicted octanol–water partition coefficient (Wildman–Crippen LogP) is 0.582. The van der Waals surface area contributed by atoms with Crippen LogP contribution in [0.3, 0.4) is 0 Å². The predicted molar refractivity (Wildman–Crippen MR) is 60.3 cm³/mol. The smallest absolute Gasteiger partial charge is 0.217 e. The molecular formula is C11H18N2O3. The number of methoxy groups -OCH3 is 1. The van der Waals surface area contributed by atoms with Gasteiger partial charge in [0.1, 0.15) is 6.61 Å². The number of ether oxygens (including phenoxy) is 3. The van der Waals surface area contributed by atoms with E-state index in [2.05, 4.69) is 4.98 Å². The fraction of sp³-hybridized carbons (Fsp3) is 0.545. The first-order chi connectivity index (χ1) is 7.88. The molecule has 0 spiro atoms. The van der Waals surface area contributed by atoms with Gasteiger partial charge in [-0.3, -0.25) is 0 Å². The van der Waals surface area contributed by atoms with Crippen molar-refractivity contribution in [2.75, 3.05) is 33.5 Å². The number of rotatable bonds is 8. The molecule has 0 fully saturated rings. The summed E-state index contributed by atoms with van der Waals surface area (Å²) in [6, 6.07) is 3.73. The number of pyridine rings is 1. The summed E-state index contributed by atoms with van der Waals surface area (Å²) in [6.07, 6.45) is 1.68. The summed E-state index contributed by atoms with van der Waals surface area (Å²) in [4.78, 5) is 4.10. The van der Waals surface area contributed by atoms with E-state index in [-0.39, 0.29) is 0 Å². The molecule has 0 aliphatic heterocycles. The Kier molecular flexibility index (Phi) is 6.48. The molecule has 1 aromatic heterocycles. The largest absolute Gasteiger partial charge is 0.475 e. The zero-order valence-corrected chi connectivity index (χ0v) is 9.52. The molecule has 1 aromatic rings. The average Bonchev–Trinajstić information content (AvgIpc) is 2.34. The first-order valence-electron chi connectivity index (χ1n) is 5.22. The quantitative estimate of drug-likeness (QED) is 0.657. The second kappa shape index (κ2) is 8.04. The van der Waals surface area contributed by atoms with Gasteiger partial charge in [0.15, 0.2) is 0 Å². The van der Waals surface area contributed by atoms with Crippen molar-refractivity contribution in [2.45, 2.75) is 6.54 Å². The molecule has 0 saturated heterocycles. The van der Waals surface area contributed by atoms with Crippen LogP contribution in [-0.2, 0) is 16.0 Å². The number of aromatic nitrogens is 1. The summed E-state index contributed by atoms with van der Waals surface area (Å²) in [6.45, 7) is 2.58. The summed E-state index contributed by atoms with van der Waals surface area (Å²) < 4.78 is 15.6. The molecule has 0 unspecified atom stereocenters. The van der Waals surface area contributed by atoms with E-state index < -0.39 is 0 Å². The van der Waals surface area contributed by atoms with Crippen LogP contribution in [0.2, 0.25) is 0 Å². The van der Waals surface area contributed by atoms with Crippen LogP contribution in [0.1, 0.15) is 5.56 Å². The van der Waals surface area contributed by atoms with E-state index in [1.807, 2.05) is 12.1 Å². The summed E-state index contributed by atoms with van der Waals surface area (Å²) in [5.41, 5.74) is 6.46. The standard InChI is InChI=1S/C11H18N2O3/c1-14-5-6-15-7-8-16-11-10(9-12)3-2-4-13-11/h2-4H,5-9,12H2,1H3. The molecule has 0 atom stereocenters. The van der Waals surface area contributed by atoms with Crippen molar-refractivity contribution in [3.05, 3.63) is 23.9 Å². The maximum absolute atomic E-state index is 5.55. The number of nitrogens with two attached hydrogens (primary N) is 1. The number of nitrogens with zero attached hydrogens (tertiary/aromatic N) is 1. The van der Waals surface area contributed by atoms with Gasteiger partial charge in [-0.2, -0.15) is 0 Å². The highest BCUT2D eigenvalue weighted by Gasteiger charge is 2.01. The van der Waals surface area contributed by atoms with Crippen LogP contribution in [0.5, 0.6) is 5.88 Å². The summed E-state index contributed by atoms with van der Waals surface area (Å²) >= 11 is 0. The van der Waals surface area contributed by atoms with Crippen LogP contribution in [0.15, 0.2) is 18.3 Å². The van der Waals surface area contributed by atoms with Gasteiger partial charge in [0.25, 0.3) is 0 Å². The lowest BCUT2D eigenvalue weighted by molar-refractivity contribution is 0.0535. The first-order valence-corrected chi connectivity index (χ1v) is 5.22. The molecule has 0 aliphatic rings. The molecule has 1 rings (SSSR count). The zero-order valence-electron chi connectivity index (χ0n) is 9.52. The lowest BCUT2D eigenvalue weighted by Crippen LogP contribution is -2.12. The Morgan fingerprint density at radius 1 is 1.25 bits per heavy atom. The van der Waals surface area contributed by atoms with Gasteiger partial charge in [0, 0.05) is 25.4 Å². The SMILES string of the molecule is COCCOCCOc1ncccc1CN. The van der Waals surface area contributed by atoms with E-state index in [4.69, 9.17) is 19.9 Å². The van der Waals surface area contributed by atoms with Gasteiger partial charge in [-0.1, -0.05) is 6.07 Å². The van der Waals surface area contributed by atoms with Crippen molar-refractivity contribution >= 4 is 0 Å². The second-order valence-electron chi connectivity index (χ2n) is 3.13.